The molecule has 4 aromatic rings. The van der Waals surface area contributed by atoms with Gasteiger partial charge in [0.1, 0.15) is 11.5 Å². The van der Waals surface area contributed by atoms with Crippen LogP contribution in [0, 0.1) is 5.82 Å². The number of halogens is 1. The number of carbonyl (C=O) groups is 1. The van der Waals surface area contributed by atoms with Crippen LogP contribution in [0.25, 0.3) is 11.3 Å². The van der Waals surface area contributed by atoms with Crippen LogP contribution < -0.4 is 16.2 Å². The molecule has 186 valence electrons. The average molecular weight is 509 g/mol. The molecule has 1 aliphatic rings. The van der Waals surface area contributed by atoms with Crippen molar-refractivity contribution < 1.29 is 13.9 Å². The van der Waals surface area contributed by atoms with Crippen molar-refractivity contribution >= 4 is 34.4 Å². The summed E-state index contributed by atoms with van der Waals surface area (Å²) in [6, 6.07) is 9.52. The smallest absolute Gasteiger partial charge is 0.287 e. The van der Waals surface area contributed by atoms with Gasteiger partial charge in [-0.3, -0.25) is 14.3 Å². The molecule has 1 aromatic carbocycles. The van der Waals surface area contributed by atoms with Crippen molar-refractivity contribution in [2.24, 2.45) is 0 Å². The molecule has 3 N–H and O–H groups in total. The molecule has 0 unspecified atom stereocenters. The lowest BCUT2D eigenvalue weighted by Gasteiger charge is -2.09. The van der Waals surface area contributed by atoms with E-state index in [1.54, 1.807) is 36.2 Å². The number of rotatable bonds is 8. The Morgan fingerprint density at radius 1 is 1.19 bits per heavy atom. The lowest BCUT2D eigenvalue weighted by molar-refractivity contribution is 0.103. The summed E-state index contributed by atoms with van der Waals surface area (Å²) < 4.78 is 21.3. The number of nitrogens with one attached hydrogen (secondary N) is 3. The van der Waals surface area contributed by atoms with Crippen LogP contribution in [0.2, 0.25) is 0 Å². The van der Waals surface area contributed by atoms with Gasteiger partial charge < -0.3 is 15.4 Å². The second-order valence-electron chi connectivity index (χ2n) is 8.49. The van der Waals surface area contributed by atoms with Crippen molar-refractivity contribution in [2.45, 2.75) is 32.2 Å². The first-order valence-corrected chi connectivity index (χ1v) is 12.4. The summed E-state index contributed by atoms with van der Waals surface area (Å²) in [6.07, 6.45) is 5.99. The summed E-state index contributed by atoms with van der Waals surface area (Å²) in [5.74, 6) is -0.413. The van der Waals surface area contributed by atoms with Crippen LogP contribution >= 0.6 is 11.3 Å². The Bertz CT molecular complexity index is 1440. The third-order valence-electron chi connectivity index (χ3n) is 5.96. The zero-order chi connectivity index (χ0) is 25.1. The van der Waals surface area contributed by atoms with Gasteiger partial charge in [0, 0.05) is 29.8 Å². The molecule has 11 heteroatoms. The topological polar surface area (TPSA) is 114 Å². The summed E-state index contributed by atoms with van der Waals surface area (Å²) in [5, 5.41) is 16.6. The Labute approximate surface area is 210 Å². The second kappa shape index (κ2) is 10.4. The third-order valence-corrected chi connectivity index (χ3v) is 7.20. The van der Waals surface area contributed by atoms with Gasteiger partial charge in [-0.2, -0.15) is 10.2 Å². The van der Waals surface area contributed by atoms with Gasteiger partial charge in [-0.25, -0.2) is 9.49 Å². The van der Waals surface area contributed by atoms with Crippen LogP contribution in [0.4, 0.5) is 21.6 Å². The van der Waals surface area contributed by atoms with E-state index >= 15 is 0 Å². The van der Waals surface area contributed by atoms with E-state index in [0.29, 0.717) is 35.1 Å². The third kappa shape index (κ3) is 5.21. The summed E-state index contributed by atoms with van der Waals surface area (Å²) in [4.78, 5) is 27.0. The second-order valence-corrected chi connectivity index (χ2v) is 9.63. The number of amides is 1. The Balaban J connectivity index is 1.35. The number of thiophene rings is 1. The minimum Gasteiger partial charge on any atom is -0.383 e. The fourth-order valence-electron chi connectivity index (χ4n) is 4.09. The maximum Gasteiger partial charge on any atom is 0.287 e. The zero-order valence-electron chi connectivity index (χ0n) is 19.6. The Morgan fingerprint density at radius 3 is 2.89 bits per heavy atom. The standard InChI is InChI=1S/C25H25FN6O3S/c1-35-11-10-32-9-8-23(31-32)27-20-14-18(29-30-24(20)33)15-6-7-17(26)19(12-15)28-25(34)22-13-16-4-2-3-5-21(16)36-22/h6-9,12-14H,2-5,10-11H2,1H3,(H,28,34)(H,30,33)(H,27,29,31). The summed E-state index contributed by atoms with van der Waals surface area (Å²) in [6.45, 7) is 1.09. The van der Waals surface area contributed by atoms with Crippen LogP contribution in [0.15, 0.2) is 47.4 Å². The minimum absolute atomic E-state index is 0.0447. The number of nitrogens with zero attached hydrogens (tertiary/aromatic N) is 3. The molecule has 0 saturated heterocycles. The average Bonchev–Trinajstić information content (AvgIpc) is 3.52. The number of aromatic nitrogens is 4. The molecular weight excluding hydrogens is 483 g/mol. The maximum atomic E-state index is 14.6. The molecular formula is C25H25FN6O3S. The Morgan fingerprint density at radius 2 is 2.06 bits per heavy atom. The molecule has 0 atom stereocenters. The van der Waals surface area contributed by atoms with E-state index in [1.807, 2.05) is 6.07 Å². The predicted molar refractivity (Wildman–Crippen MR) is 137 cm³/mol. The minimum atomic E-state index is -0.558. The van der Waals surface area contributed by atoms with E-state index in [2.05, 4.69) is 25.9 Å². The highest BCUT2D eigenvalue weighted by atomic mass is 32.1. The van der Waals surface area contributed by atoms with Gasteiger partial charge in [0.05, 0.1) is 29.4 Å². The number of hydrogen-bond donors (Lipinski definition) is 3. The van der Waals surface area contributed by atoms with Crippen LogP contribution in [-0.4, -0.2) is 39.6 Å². The lowest BCUT2D eigenvalue weighted by atomic mass is 9.99. The first-order chi connectivity index (χ1) is 17.5. The highest BCUT2D eigenvalue weighted by Crippen LogP contribution is 2.31. The van der Waals surface area contributed by atoms with Crippen molar-refractivity contribution in [2.75, 3.05) is 24.4 Å². The Hall–Kier alpha value is -3.83. The zero-order valence-corrected chi connectivity index (χ0v) is 20.5. The van der Waals surface area contributed by atoms with Gasteiger partial charge in [-0.05, 0) is 61.6 Å². The van der Waals surface area contributed by atoms with E-state index in [4.69, 9.17) is 4.74 Å². The number of methoxy groups -OCH3 is 1. The van der Waals surface area contributed by atoms with Crippen molar-refractivity contribution in [1.82, 2.24) is 20.0 Å². The molecule has 0 radical (unpaired) electrons. The van der Waals surface area contributed by atoms with E-state index in [-0.39, 0.29) is 17.3 Å². The SMILES string of the molecule is COCCn1ccc(Nc2cc(-c3ccc(F)c(NC(=O)c4cc5c(s4)CCCC5)c3)n[nH]c2=O)n1. The van der Waals surface area contributed by atoms with Crippen LogP contribution in [0.1, 0.15) is 33.0 Å². The maximum absolute atomic E-state index is 14.6. The van der Waals surface area contributed by atoms with Gasteiger partial charge in [0.15, 0.2) is 5.82 Å². The van der Waals surface area contributed by atoms with Crippen LogP contribution in [-0.2, 0) is 24.1 Å². The number of aromatic amines is 1. The number of fused-ring (bicyclic) bond motifs is 1. The molecule has 0 saturated carbocycles. The summed E-state index contributed by atoms with van der Waals surface area (Å²) in [5.41, 5.74) is 1.99. The molecule has 36 heavy (non-hydrogen) atoms. The molecule has 5 rings (SSSR count). The van der Waals surface area contributed by atoms with Crippen LogP contribution in [0.5, 0.6) is 0 Å². The highest BCUT2D eigenvalue weighted by Gasteiger charge is 2.19. The molecule has 0 fully saturated rings. The fraction of sp³-hybridized carbons (Fsp3) is 0.280. The number of ether oxygens (including phenoxy) is 1. The highest BCUT2D eigenvalue weighted by molar-refractivity contribution is 7.14. The Kier molecular flexibility index (Phi) is 6.92. The molecule has 3 heterocycles. The number of carbonyl (C=O) groups excluding carboxylic acids is 1. The monoisotopic (exact) mass is 508 g/mol. The largest absolute Gasteiger partial charge is 0.383 e. The van der Waals surface area contributed by atoms with Gasteiger partial charge in [-0.1, -0.05) is 0 Å². The summed E-state index contributed by atoms with van der Waals surface area (Å²) >= 11 is 1.47. The molecule has 0 bridgehead atoms. The van der Waals surface area contributed by atoms with E-state index in [0.717, 1.165) is 25.7 Å². The number of benzene rings is 1. The van der Waals surface area contributed by atoms with Gasteiger partial charge in [0.25, 0.3) is 11.5 Å². The van der Waals surface area contributed by atoms with Crippen molar-refractivity contribution in [3.8, 4) is 11.3 Å². The molecule has 9 nitrogen and oxygen atoms in total. The van der Waals surface area contributed by atoms with Crippen molar-refractivity contribution in [3.05, 3.63) is 74.1 Å². The van der Waals surface area contributed by atoms with Crippen LogP contribution in [0.3, 0.4) is 0 Å². The van der Waals surface area contributed by atoms with Crippen molar-refractivity contribution in [1.29, 1.82) is 0 Å². The number of anilines is 3. The lowest BCUT2D eigenvalue weighted by Crippen LogP contribution is -2.14. The fourth-order valence-corrected chi connectivity index (χ4v) is 5.24. The van der Waals surface area contributed by atoms with E-state index in [9.17, 15) is 14.0 Å². The summed E-state index contributed by atoms with van der Waals surface area (Å²) in [7, 11) is 1.61. The van der Waals surface area contributed by atoms with Gasteiger partial charge >= 0.3 is 0 Å². The normalized spacial score (nSPS) is 12.8. The van der Waals surface area contributed by atoms with E-state index < -0.39 is 11.4 Å². The number of H-pyrrole nitrogens is 1. The molecule has 1 amide bonds. The first-order valence-electron chi connectivity index (χ1n) is 11.6. The first kappa shape index (κ1) is 23.9. The number of aryl methyl sites for hydroxylation is 2. The molecule has 1 aliphatic carbocycles. The predicted octanol–water partition coefficient (Wildman–Crippen LogP) is 4.36. The van der Waals surface area contributed by atoms with Gasteiger partial charge in [-0.15, -0.1) is 11.3 Å². The molecule has 0 aliphatic heterocycles. The number of hydrogen-bond acceptors (Lipinski definition) is 7. The molecule has 3 aromatic heterocycles. The van der Waals surface area contributed by atoms with Gasteiger partial charge in [0.2, 0.25) is 0 Å². The van der Waals surface area contributed by atoms with Crippen molar-refractivity contribution in [3.63, 3.8) is 0 Å². The quantitative estimate of drug-likeness (QED) is 0.326. The van der Waals surface area contributed by atoms with E-state index in [1.165, 1.54) is 33.9 Å². The molecule has 0 spiro atoms.